The van der Waals surface area contributed by atoms with E-state index in [-0.39, 0.29) is 23.6 Å². The molecule has 1 aliphatic carbocycles. The van der Waals surface area contributed by atoms with Crippen molar-refractivity contribution in [3.05, 3.63) is 35.9 Å². The Labute approximate surface area is 197 Å². The molecule has 3 fully saturated rings. The monoisotopic (exact) mass is 464 g/mol. The lowest BCUT2D eigenvalue weighted by Gasteiger charge is -2.30. The molecule has 0 bridgehead atoms. The maximum atomic E-state index is 11.5. The average molecular weight is 465 g/mol. The molecule has 9 heteroatoms. The molecule has 1 aromatic carbocycles. The molecule has 2 heterocycles. The maximum Gasteiger partial charge on any atom is 0.315 e. The predicted octanol–water partition coefficient (Wildman–Crippen LogP) is 2.59. The van der Waals surface area contributed by atoms with Gasteiger partial charge in [0.1, 0.15) is 6.04 Å². The van der Waals surface area contributed by atoms with E-state index < -0.39 is 6.04 Å². The van der Waals surface area contributed by atoms with Crippen LogP contribution in [0.2, 0.25) is 0 Å². The number of benzene rings is 1. The van der Waals surface area contributed by atoms with Gasteiger partial charge < -0.3 is 31.2 Å². The molecule has 5 N–H and O–H groups in total. The Bertz CT molecular complexity index is 696. The molecule has 1 spiro atoms. The minimum Gasteiger partial charge on any atom is -0.370 e. The number of hydrogen-bond acceptors (Lipinski definition) is 5. The molecular formula is C24H40N4O5. The smallest absolute Gasteiger partial charge is 0.315 e. The van der Waals surface area contributed by atoms with E-state index in [0.29, 0.717) is 19.5 Å². The van der Waals surface area contributed by atoms with Crippen LogP contribution in [0.25, 0.3) is 0 Å². The number of primary amides is 1. The average Bonchev–Trinajstić information content (AvgIpc) is 3.44. The predicted molar refractivity (Wildman–Crippen MR) is 127 cm³/mol. The summed E-state index contributed by atoms with van der Waals surface area (Å²) in [6.45, 7) is 8.00. The van der Waals surface area contributed by atoms with Gasteiger partial charge in [-0.25, -0.2) is 4.79 Å². The number of urea groups is 1. The van der Waals surface area contributed by atoms with Gasteiger partial charge in [-0.05, 0) is 24.8 Å². The standard InChI is InChI=1S/C12H15N3O2.C8H14O2.C2H5NO.C2H6/c16-11-10(6-7-13-11)15-12(17)14-8-9-4-2-1-3-5-9;1-2-4-8(5-3-1)9-6-7-10-8;1-2(3)4;1-2/h1-5,10H,6-8H2,(H,13,16)(H2,14,15,17);1-7H2;1H3,(H2,3,4);1-2H3. The lowest BCUT2D eigenvalue weighted by Crippen LogP contribution is -2.45. The molecule has 3 aliphatic rings. The third kappa shape index (κ3) is 11.7. The van der Waals surface area contributed by atoms with E-state index in [9.17, 15) is 14.4 Å². The van der Waals surface area contributed by atoms with Crippen LogP contribution in [-0.4, -0.2) is 49.4 Å². The molecule has 4 amide bonds. The number of ether oxygens (including phenoxy) is 2. The lowest BCUT2D eigenvalue weighted by molar-refractivity contribution is -0.176. The van der Waals surface area contributed by atoms with Crippen molar-refractivity contribution in [3.8, 4) is 0 Å². The first-order valence-electron chi connectivity index (χ1n) is 11.8. The fourth-order valence-electron chi connectivity index (χ4n) is 3.60. The Hall–Kier alpha value is -2.65. The molecule has 0 aromatic heterocycles. The van der Waals surface area contributed by atoms with Gasteiger partial charge in [0.05, 0.1) is 13.2 Å². The van der Waals surface area contributed by atoms with Gasteiger partial charge in [0, 0.05) is 32.9 Å². The molecule has 1 aromatic rings. The van der Waals surface area contributed by atoms with Crippen molar-refractivity contribution in [1.29, 1.82) is 0 Å². The Balaban J connectivity index is 0.000000287. The van der Waals surface area contributed by atoms with Gasteiger partial charge in [0.25, 0.3) is 0 Å². The van der Waals surface area contributed by atoms with E-state index in [1.165, 1.54) is 26.2 Å². The molecule has 4 rings (SSSR count). The van der Waals surface area contributed by atoms with Crippen molar-refractivity contribution in [2.45, 2.75) is 77.7 Å². The van der Waals surface area contributed by atoms with Crippen LogP contribution in [0.4, 0.5) is 4.79 Å². The van der Waals surface area contributed by atoms with Gasteiger partial charge in [0.15, 0.2) is 5.79 Å². The van der Waals surface area contributed by atoms with E-state index in [2.05, 4.69) is 21.7 Å². The molecule has 9 nitrogen and oxygen atoms in total. The van der Waals surface area contributed by atoms with Crippen molar-refractivity contribution < 1.29 is 23.9 Å². The van der Waals surface area contributed by atoms with Crippen molar-refractivity contribution in [2.75, 3.05) is 19.8 Å². The summed E-state index contributed by atoms with van der Waals surface area (Å²) in [6, 6.07) is 8.91. The van der Waals surface area contributed by atoms with Gasteiger partial charge >= 0.3 is 6.03 Å². The Morgan fingerprint density at radius 1 is 1.09 bits per heavy atom. The van der Waals surface area contributed by atoms with Crippen molar-refractivity contribution in [3.63, 3.8) is 0 Å². The first-order valence-corrected chi connectivity index (χ1v) is 11.8. The number of hydrogen-bond donors (Lipinski definition) is 4. The summed E-state index contributed by atoms with van der Waals surface area (Å²) in [4.78, 5) is 32.0. The highest BCUT2D eigenvalue weighted by Gasteiger charge is 2.37. The summed E-state index contributed by atoms with van der Waals surface area (Å²) in [5.41, 5.74) is 5.50. The minimum atomic E-state index is -0.397. The van der Waals surface area contributed by atoms with Crippen LogP contribution in [-0.2, 0) is 25.6 Å². The van der Waals surface area contributed by atoms with Gasteiger partial charge in [0.2, 0.25) is 11.8 Å². The molecule has 2 saturated heterocycles. The molecule has 2 aliphatic heterocycles. The van der Waals surface area contributed by atoms with E-state index in [1.807, 2.05) is 44.2 Å². The fourth-order valence-corrected chi connectivity index (χ4v) is 3.60. The number of amides is 4. The number of nitrogens with two attached hydrogens (primary N) is 1. The van der Waals surface area contributed by atoms with Crippen LogP contribution in [0, 0.1) is 0 Å². The first kappa shape index (κ1) is 28.4. The SMILES string of the molecule is C1CCC2(CC1)OCCO2.CC.CC(N)=O.O=C(NCc1ccccc1)NC1CCNC1=O. The molecule has 33 heavy (non-hydrogen) atoms. The highest BCUT2D eigenvalue weighted by Crippen LogP contribution is 2.35. The van der Waals surface area contributed by atoms with Crippen LogP contribution in [0.3, 0.4) is 0 Å². The second-order valence-electron chi connectivity index (χ2n) is 7.72. The zero-order valence-electron chi connectivity index (χ0n) is 20.2. The van der Waals surface area contributed by atoms with Crippen LogP contribution in [0.1, 0.15) is 64.9 Å². The lowest BCUT2D eigenvalue weighted by atomic mass is 9.94. The second kappa shape index (κ2) is 16.0. The van der Waals surface area contributed by atoms with Crippen molar-refractivity contribution in [2.24, 2.45) is 5.73 Å². The molecular weight excluding hydrogens is 424 g/mol. The normalized spacial score (nSPS) is 20.0. The number of carbonyl (C=O) groups is 3. The minimum absolute atomic E-state index is 0.111. The second-order valence-corrected chi connectivity index (χ2v) is 7.72. The van der Waals surface area contributed by atoms with E-state index >= 15 is 0 Å². The third-order valence-electron chi connectivity index (χ3n) is 5.08. The third-order valence-corrected chi connectivity index (χ3v) is 5.08. The van der Waals surface area contributed by atoms with Gasteiger partial charge in [-0.1, -0.05) is 50.6 Å². The maximum absolute atomic E-state index is 11.5. The Morgan fingerprint density at radius 2 is 1.67 bits per heavy atom. The van der Waals surface area contributed by atoms with Gasteiger partial charge in [-0.3, -0.25) is 9.59 Å². The number of nitrogens with one attached hydrogen (secondary N) is 3. The summed E-state index contributed by atoms with van der Waals surface area (Å²) >= 11 is 0. The summed E-state index contributed by atoms with van der Waals surface area (Å²) in [6.07, 6.45) is 6.80. The fraction of sp³-hybridized carbons (Fsp3) is 0.625. The van der Waals surface area contributed by atoms with Crippen LogP contribution in [0.15, 0.2) is 30.3 Å². The molecule has 1 atom stereocenters. The zero-order valence-corrected chi connectivity index (χ0v) is 20.2. The van der Waals surface area contributed by atoms with E-state index in [1.54, 1.807) is 0 Å². The summed E-state index contributed by atoms with van der Waals surface area (Å²) in [5.74, 6) is -0.571. The van der Waals surface area contributed by atoms with Crippen molar-refractivity contribution >= 4 is 17.8 Å². The molecule has 1 saturated carbocycles. The summed E-state index contributed by atoms with van der Waals surface area (Å²) in [5, 5.41) is 8.02. The Kier molecular flexibility index (Phi) is 13.8. The molecule has 186 valence electrons. The van der Waals surface area contributed by atoms with E-state index in [0.717, 1.165) is 31.6 Å². The molecule has 0 radical (unpaired) electrons. The van der Waals surface area contributed by atoms with Gasteiger partial charge in [-0.15, -0.1) is 0 Å². The van der Waals surface area contributed by atoms with Crippen molar-refractivity contribution in [1.82, 2.24) is 16.0 Å². The van der Waals surface area contributed by atoms with Crippen LogP contribution >= 0.6 is 0 Å². The topological polar surface area (TPSA) is 132 Å². The highest BCUT2D eigenvalue weighted by atomic mass is 16.7. The first-order chi connectivity index (χ1) is 15.9. The van der Waals surface area contributed by atoms with Gasteiger partial charge in [-0.2, -0.15) is 0 Å². The summed E-state index contributed by atoms with van der Waals surface area (Å²) in [7, 11) is 0. The van der Waals surface area contributed by atoms with Crippen LogP contribution in [0.5, 0.6) is 0 Å². The quantitative estimate of drug-likeness (QED) is 0.546. The zero-order chi connectivity index (χ0) is 24.5. The van der Waals surface area contributed by atoms with E-state index in [4.69, 9.17) is 9.47 Å². The largest absolute Gasteiger partial charge is 0.370 e. The van der Waals surface area contributed by atoms with Crippen LogP contribution < -0.4 is 21.7 Å². The summed E-state index contributed by atoms with van der Waals surface area (Å²) < 4.78 is 11.1. The number of rotatable bonds is 3. The molecule has 1 unspecified atom stereocenters. The Morgan fingerprint density at radius 3 is 2.18 bits per heavy atom. The number of carbonyl (C=O) groups excluding carboxylic acids is 3. The highest BCUT2D eigenvalue weighted by molar-refractivity contribution is 5.88.